The van der Waals surface area contributed by atoms with E-state index in [9.17, 15) is 23.2 Å². The number of pyridine rings is 1. The number of aromatic amines is 1. The lowest BCUT2D eigenvalue weighted by Crippen LogP contribution is -2.37. The number of ether oxygens (including phenoxy) is 2. The van der Waals surface area contributed by atoms with Gasteiger partial charge in [0.25, 0.3) is 5.91 Å². The summed E-state index contributed by atoms with van der Waals surface area (Å²) < 4.78 is 40.5. The number of carbonyl (C=O) groups is 3. The molecular formula is C33H33F2N4O5+. The van der Waals surface area contributed by atoms with Crippen LogP contribution in [-0.4, -0.2) is 40.5 Å². The molecule has 0 bridgehead atoms. The fourth-order valence-electron chi connectivity index (χ4n) is 5.32. The van der Waals surface area contributed by atoms with Gasteiger partial charge >= 0.3 is 12.1 Å². The van der Waals surface area contributed by atoms with Crippen molar-refractivity contribution in [1.82, 2.24) is 15.2 Å². The highest BCUT2D eigenvalue weighted by Crippen LogP contribution is 2.41. The predicted octanol–water partition coefficient (Wildman–Crippen LogP) is 5.29. The number of H-pyrrole nitrogens is 1. The number of benzene rings is 2. The van der Waals surface area contributed by atoms with E-state index in [2.05, 4.69) is 10.3 Å². The van der Waals surface area contributed by atoms with Gasteiger partial charge in [-0.3, -0.25) is 4.79 Å². The van der Waals surface area contributed by atoms with Crippen molar-refractivity contribution in [2.24, 2.45) is 7.05 Å². The van der Waals surface area contributed by atoms with E-state index in [0.717, 1.165) is 28.8 Å². The van der Waals surface area contributed by atoms with Gasteiger partial charge in [-0.05, 0) is 49.7 Å². The summed E-state index contributed by atoms with van der Waals surface area (Å²) in [5.41, 5.74) is 1.96. The lowest BCUT2D eigenvalue weighted by Gasteiger charge is -2.29. The minimum Gasteiger partial charge on any atom is -0.459 e. The highest BCUT2D eigenvalue weighted by atomic mass is 19.2. The first-order valence-electron chi connectivity index (χ1n) is 14.1. The molecule has 228 valence electrons. The average Bonchev–Trinajstić information content (AvgIpc) is 3.29. The molecule has 44 heavy (non-hydrogen) atoms. The number of carbonyl (C=O) groups excluding carboxylic acids is 3. The largest absolute Gasteiger partial charge is 0.459 e. The predicted molar refractivity (Wildman–Crippen MR) is 158 cm³/mol. The van der Waals surface area contributed by atoms with Gasteiger partial charge in [0.2, 0.25) is 5.69 Å². The number of fused-ring (bicyclic) bond motifs is 3. The molecule has 0 saturated carbocycles. The molecule has 0 fully saturated rings. The molecule has 0 unspecified atom stereocenters. The average molecular weight is 604 g/mol. The van der Waals surface area contributed by atoms with E-state index >= 15 is 0 Å². The van der Waals surface area contributed by atoms with Crippen LogP contribution < -0.4 is 14.6 Å². The van der Waals surface area contributed by atoms with Crippen molar-refractivity contribution in [3.8, 4) is 5.75 Å². The molecule has 0 atom stereocenters. The molecule has 0 radical (unpaired) electrons. The van der Waals surface area contributed by atoms with Gasteiger partial charge < -0.3 is 24.7 Å². The number of aromatic nitrogens is 2. The molecule has 0 aliphatic carbocycles. The monoisotopic (exact) mass is 603 g/mol. The first-order chi connectivity index (χ1) is 20.8. The number of hydrogen-bond donors (Lipinski definition) is 2. The van der Waals surface area contributed by atoms with Crippen LogP contribution in [0.15, 0.2) is 67.0 Å². The van der Waals surface area contributed by atoms with Crippen LogP contribution in [0.25, 0.3) is 16.5 Å². The maximum absolute atomic E-state index is 14.0. The molecule has 5 rings (SSSR count). The zero-order chi connectivity index (χ0) is 31.8. The third kappa shape index (κ3) is 6.17. The maximum atomic E-state index is 14.0. The topological polar surface area (TPSA) is 105 Å². The SMILES string of the molecule is CC(C)OC(=O)C1=CN(C(=O)c2ccc(F)c(F)c2)CC(C)(C)c2c1[nH]c1cc(OC(=O)NCc3cccc[n+]3C)ccc21. The Bertz CT molecular complexity index is 1810. The molecule has 2 aromatic carbocycles. The number of aryl methyl sites for hydroxylation is 1. The number of nitrogens with zero attached hydrogens (tertiary/aromatic N) is 2. The van der Waals surface area contributed by atoms with Crippen LogP contribution in [0.1, 0.15) is 55.0 Å². The molecule has 9 nitrogen and oxygen atoms in total. The van der Waals surface area contributed by atoms with Crippen LogP contribution in [0.4, 0.5) is 13.6 Å². The van der Waals surface area contributed by atoms with Gasteiger partial charge in [-0.2, -0.15) is 0 Å². The van der Waals surface area contributed by atoms with Crippen molar-refractivity contribution in [3.63, 3.8) is 0 Å². The van der Waals surface area contributed by atoms with E-state index in [1.807, 2.05) is 49.9 Å². The van der Waals surface area contributed by atoms with Gasteiger partial charge in [0.1, 0.15) is 19.3 Å². The fourth-order valence-corrected chi connectivity index (χ4v) is 5.32. The van der Waals surface area contributed by atoms with Crippen LogP contribution in [0.5, 0.6) is 5.75 Å². The molecule has 2 aromatic heterocycles. The minimum atomic E-state index is -1.15. The fraction of sp³-hybridized carbons (Fsp3) is 0.273. The van der Waals surface area contributed by atoms with Gasteiger partial charge in [0.15, 0.2) is 17.8 Å². The summed E-state index contributed by atoms with van der Waals surface area (Å²) in [6, 6.07) is 13.7. The van der Waals surface area contributed by atoms with E-state index in [-0.39, 0.29) is 30.0 Å². The molecule has 1 aliphatic heterocycles. The molecule has 2 amide bonds. The van der Waals surface area contributed by atoms with Gasteiger partial charge in [-0.15, -0.1) is 0 Å². The highest BCUT2D eigenvalue weighted by Gasteiger charge is 2.38. The number of nitrogens with one attached hydrogen (secondary N) is 2. The number of rotatable bonds is 6. The number of halogens is 2. The summed E-state index contributed by atoms with van der Waals surface area (Å²) in [7, 11) is 1.88. The van der Waals surface area contributed by atoms with Crippen molar-refractivity contribution in [3.05, 3.63) is 101 Å². The summed E-state index contributed by atoms with van der Waals surface area (Å²) in [6.07, 6.45) is 2.18. The maximum Gasteiger partial charge on any atom is 0.413 e. The third-order valence-electron chi connectivity index (χ3n) is 7.34. The molecule has 11 heteroatoms. The summed E-state index contributed by atoms with van der Waals surface area (Å²) >= 11 is 0. The molecule has 3 heterocycles. The minimum absolute atomic E-state index is 0.0657. The Morgan fingerprint density at radius 2 is 1.84 bits per heavy atom. The number of esters is 1. The van der Waals surface area contributed by atoms with Crippen LogP contribution in [0.2, 0.25) is 0 Å². The Morgan fingerprint density at radius 3 is 2.55 bits per heavy atom. The molecular weight excluding hydrogens is 570 g/mol. The molecule has 1 aliphatic rings. The first kappa shape index (κ1) is 30.4. The van der Waals surface area contributed by atoms with Gasteiger partial charge in [-0.1, -0.05) is 19.9 Å². The van der Waals surface area contributed by atoms with Crippen LogP contribution in [0.3, 0.4) is 0 Å². The number of hydrogen-bond acceptors (Lipinski definition) is 5. The Hall–Kier alpha value is -5.06. The van der Waals surface area contributed by atoms with E-state index in [0.29, 0.717) is 11.2 Å². The lowest BCUT2D eigenvalue weighted by atomic mass is 9.81. The van der Waals surface area contributed by atoms with Crippen molar-refractivity contribution in [2.45, 2.75) is 45.8 Å². The standard InChI is InChI=1S/C33H32F2N4O5/c1-19(2)43-31(41)24-17-39(30(40)20-9-12-25(34)26(35)14-20)18-33(3,4)28-23-11-10-22(15-27(23)37-29(24)28)44-32(42)36-16-21-8-6-7-13-38(21)5/h6-15,17,19,37H,16,18H2,1-5H3/p+1. The van der Waals surface area contributed by atoms with Gasteiger partial charge in [0.05, 0.1) is 17.4 Å². The second-order valence-electron chi connectivity index (χ2n) is 11.6. The van der Waals surface area contributed by atoms with E-state index in [1.54, 1.807) is 32.0 Å². The van der Waals surface area contributed by atoms with Crippen LogP contribution in [0, 0.1) is 11.6 Å². The van der Waals surface area contributed by atoms with E-state index in [1.165, 1.54) is 17.2 Å². The Balaban J connectivity index is 1.50. The Morgan fingerprint density at radius 1 is 1.07 bits per heavy atom. The quantitative estimate of drug-likeness (QED) is 0.230. The van der Waals surface area contributed by atoms with Crippen molar-refractivity contribution in [2.75, 3.05) is 6.54 Å². The number of amides is 2. The van der Waals surface area contributed by atoms with Gasteiger partial charge in [-0.25, -0.2) is 22.9 Å². The summed E-state index contributed by atoms with van der Waals surface area (Å²) in [5.74, 6) is -3.20. The summed E-state index contributed by atoms with van der Waals surface area (Å²) in [4.78, 5) is 44.1. The van der Waals surface area contributed by atoms with Crippen molar-refractivity contribution in [1.29, 1.82) is 0 Å². The molecule has 0 saturated heterocycles. The highest BCUT2D eigenvalue weighted by molar-refractivity contribution is 6.18. The Kier molecular flexibility index (Phi) is 8.23. The van der Waals surface area contributed by atoms with Crippen molar-refractivity contribution < 1.29 is 37.2 Å². The Labute approximate surface area is 253 Å². The second kappa shape index (κ2) is 11.9. The first-order valence-corrected chi connectivity index (χ1v) is 14.1. The zero-order valence-electron chi connectivity index (χ0n) is 25.0. The van der Waals surface area contributed by atoms with Gasteiger partial charge in [0, 0.05) is 52.8 Å². The van der Waals surface area contributed by atoms with E-state index < -0.39 is 41.1 Å². The molecule has 4 aromatic rings. The molecule has 0 spiro atoms. The summed E-state index contributed by atoms with van der Waals surface area (Å²) in [5, 5.41) is 3.49. The van der Waals surface area contributed by atoms with Crippen LogP contribution in [-0.2, 0) is 28.5 Å². The zero-order valence-corrected chi connectivity index (χ0v) is 25.0. The normalized spacial score (nSPS) is 14.1. The van der Waals surface area contributed by atoms with Crippen molar-refractivity contribution >= 4 is 34.4 Å². The van der Waals surface area contributed by atoms with Crippen LogP contribution >= 0.6 is 0 Å². The second-order valence-corrected chi connectivity index (χ2v) is 11.6. The van der Waals surface area contributed by atoms with E-state index in [4.69, 9.17) is 9.47 Å². The smallest absolute Gasteiger partial charge is 0.413 e. The third-order valence-corrected chi connectivity index (χ3v) is 7.34. The summed E-state index contributed by atoms with van der Waals surface area (Å²) in [6.45, 7) is 7.63. The lowest BCUT2D eigenvalue weighted by molar-refractivity contribution is -0.679. The molecule has 2 N–H and O–H groups in total.